The van der Waals surface area contributed by atoms with E-state index in [0.717, 1.165) is 31.7 Å². The van der Waals surface area contributed by atoms with Gasteiger partial charge in [0.15, 0.2) is 11.7 Å². The molecule has 0 radical (unpaired) electrons. The molecule has 2 saturated heterocycles. The maximum atomic E-state index is 13.1. The van der Waals surface area contributed by atoms with Crippen LogP contribution in [0.25, 0.3) is 11.2 Å². The van der Waals surface area contributed by atoms with Crippen molar-refractivity contribution in [2.45, 2.75) is 38.0 Å². The highest BCUT2D eigenvalue weighted by Crippen LogP contribution is 2.25. The molecule has 0 N–H and O–H groups in total. The van der Waals surface area contributed by atoms with Crippen molar-refractivity contribution in [2.24, 2.45) is 0 Å². The molecule has 150 valence electrons. The quantitative estimate of drug-likeness (QED) is 0.729. The van der Waals surface area contributed by atoms with E-state index in [2.05, 4.69) is 14.5 Å². The van der Waals surface area contributed by atoms with Gasteiger partial charge in [0.2, 0.25) is 0 Å². The van der Waals surface area contributed by atoms with Crippen LogP contribution in [0.5, 0.6) is 0 Å². The third-order valence-corrected chi connectivity index (χ3v) is 5.44. The van der Waals surface area contributed by atoms with Crippen LogP contribution < -0.4 is 0 Å². The van der Waals surface area contributed by atoms with Crippen molar-refractivity contribution in [3.63, 3.8) is 0 Å². The monoisotopic (exact) mass is 388 g/mol. The Morgan fingerprint density at radius 2 is 2.00 bits per heavy atom. The second kappa shape index (κ2) is 7.84. The molecule has 0 unspecified atom stereocenters. The van der Waals surface area contributed by atoms with Gasteiger partial charge < -0.3 is 23.7 Å². The predicted molar refractivity (Wildman–Crippen MR) is 98.9 cm³/mol. The average Bonchev–Trinajstić information content (AvgIpc) is 3.16. The van der Waals surface area contributed by atoms with Crippen molar-refractivity contribution >= 4 is 23.0 Å². The van der Waals surface area contributed by atoms with Gasteiger partial charge in [-0.25, -0.2) is 14.8 Å². The average molecular weight is 388 g/mol. The topological polar surface area (TPSA) is 95.8 Å². The number of fused-ring (bicyclic) bond motifs is 1. The standard InChI is InChI=1S/C19H24N4O5/c1-12-16(19(25)26-2)22(5-8-28-12)18(24)13-9-15-17(20-10-13)23(11-21-15)14-3-6-27-7-4-14/h9-12,14,16H,3-8H2,1-2H3/t12-,16+/m1/s1. The Bertz CT molecular complexity index is 876. The lowest BCUT2D eigenvalue weighted by molar-refractivity contribution is -0.156. The summed E-state index contributed by atoms with van der Waals surface area (Å²) in [7, 11) is 1.31. The second-order valence-electron chi connectivity index (χ2n) is 7.10. The first-order chi connectivity index (χ1) is 13.6. The molecular formula is C19H24N4O5. The summed E-state index contributed by atoms with van der Waals surface area (Å²) in [6.45, 7) is 3.90. The van der Waals surface area contributed by atoms with Crippen LogP contribution in [0.4, 0.5) is 0 Å². The molecule has 2 aliphatic heterocycles. The smallest absolute Gasteiger partial charge is 0.331 e. The number of ether oxygens (including phenoxy) is 3. The van der Waals surface area contributed by atoms with Crippen LogP contribution in [-0.2, 0) is 19.0 Å². The van der Waals surface area contributed by atoms with E-state index in [-0.39, 0.29) is 5.91 Å². The van der Waals surface area contributed by atoms with Crippen LogP contribution in [0.15, 0.2) is 18.6 Å². The van der Waals surface area contributed by atoms with Gasteiger partial charge in [-0.2, -0.15) is 0 Å². The number of hydrogen-bond acceptors (Lipinski definition) is 7. The molecule has 0 aromatic carbocycles. The minimum absolute atomic E-state index is 0.277. The van der Waals surface area contributed by atoms with Gasteiger partial charge in [-0.1, -0.05) is 0 Å². The zero-order valence-corrected chi connectivity index (χ0v) is 16.0. The van der Waals surface area contributed by atoms with Crippen LogP contribution in [-0.4, -0.2) is 76.9 Å². The lowest BCUT2D eigenvalue weighted by atomic mass is 10.1. The Morgan fingerprint density at radius 3 is 2.75 bits per heavy atom. The highest BCUT2D eigenvalue weighted by Gasteiger charge is 2.39. The highest BCUT2D eigenvalue weighted by molar-refractivity contribution is 5.98. The van der Waals surface area contributed by atoms with Crippen molar-refractivity contribution in [3.05, 3.63) is 24.2 Å². The molecule has 0 saturated carbocycles. The van der Waals surface area contributed by atoms with Gasteiger partial charge in [0.05, 0.1) is 31.7 Å². The van der Waals surface area contributed by atoms with Crippen molar-refractivity contribution in [1.82, 2.24) is 19.4 Å². The fourth-order valence-electron chi connectivity index (χ4n) is 3.92. The minimum Gasteiger partial charge on any atom is -0.467 e. The van der Waals surface area contributed by atoms with E-state index < -0.39 is 18.1 Å². The van der Waals surface area contributed by atoms with E-state index in [1.54, 1.807) is 25.5 Å². The van der Waals surface area contributed by atoms with E-state index >= 15 is 0 Å². The van der Waals surface area contributed by atoms with Gasteiger partial charge >= 0.3 is 5.97 Å². The lowest BCUT2D eigenvalue weighted by Crippen LogP contribution is -2.56. The van der Waals surface area contributed by atoms with Gasteiger partial charge in [0.1, 0.15) is 5.52 Å². The normalized spacial score (nSPS) is 23.7. The zero-order valence-electron chi connectivity index (χ0n) is 16.0. The molecule has 9 heteroatoms. The van der Waals surface area contributed by atoms with Crippen molar-refractivity contribution in [1.29, 1.82) is 0 Å². The zero-order chi connectivity index (χ0) is 19.7. The molecule has 2 aliphatic rings. The van der Waals surface area contributed by atoms with E-state index in [1.807, 2.05) is 0 Å². The molecule has 0 bridgehead atoms. The first kappa shape index (κ1) is 18.8. The number of nitrogens with zero attached hydrogens (tertiary/aromatic N) is 4. The van der Waals surface area contributed by atoms with Crippen LogP contribution in [0, 0.1) is 0 Å². The van der Waals surface area contributed by atoms with E-state index in [1.165, 1.54) is 12.0 Å². The SMILES string of the molecule is COC(=O)[C@@H]1[C@@H](C)OCCN1C(=O)c1cnc2c(c1)ncn2C1CCOCC1. The van der Waals surface area contributed by atoms with Gasteiger partial charge in [0.25, 0.3) is 5.91 Å². The van der Waals surface area contributed by atoms with Gasteiger partial charge in [-0.05, 0) is 25.8 Å². The first-order valence-electron chi connectivity index (χ1n) is 9.51. The fraction of sp³-hybridized carbons (Fsp3) is 0.579. The summed E-state index contributed by atoms with van der Waals surface area (Å²) >= 11 is 0. The largest absolute Gasteiger partial charge is 0.467 e. The minimum atomic E-state index is -0.776. The number of imidazole rings is 1. The molecule has 1 amide bonds. The Balaban J connectivity index is 1.61. The predicted octanol–water partition coefficient (Wildman–Crippen LogP) is 1.19. The Labute approximate surface area is 162 Å². The molecule has 0 aliphatic carbocycles. The summed E-state index contributed by atoms with van der Waals surface area (Å²) in [6.07, 6.45) is 4.72. The molecule has 2 aromatic rings. The fourth-order valence-corrected chi connectivity index (χ4v) is 3.92. The Morgan fingerprint density at radius 1 is 1.21 bits per heavy atom. The highest BCUT2D eigenvalue weighted by atomic mass is 16.5. The molecule has 0 spiro atoms. The summed E-state index contributed by atoms with van der Waals surface area (Å²) in [5, 5.41) is 0. The number of esters is 1. The van der Waals surface area contributed by atoms with Crippen molar-refractivity contribution < 1.29 is 23.8 Å². The Hall–Kier alpha value is -2.52. The molecule has 9 nitrogen and oxygen atoms in total. The molecule has 2 atom stereocenters. The van der Waals surface area contributed by atoms with Crippen LogP contribution in [0.1, 0.15) is 36.2 Å². The number of morpholine rings is 1. The summed E-state index contributed by atoms with van der Waals surface area (Å²) in [4.78, 5) is 35.7. The molecular weight excluding hydrogens is 364 g/mol. The summed E-state index contributed by atoms with van der Waals surface area (Å²) in [6, 6.07) is 1.26. The summed E-state index contributed by atoms with van der Waals surface area (Å²) in [5.74, 6) is -0.765. The van der Waals surface area contributed by atoms with Gasteiger partial charge in [-0.15, -0.1) is 0 Å². The molecule has 2 aromatic heterocycles. The summed E-state index contributed by atoms with van der Waals surface area (Å²) in [5.41, 5.74) is 1.81. The van der Waals surface area contributed by atoms with E-state index in [4.69, 9.17) is 14.2 Å². The number of pyridine rings is 1. The Kier molecular flexibility index (Phi) is 5.27. The third-order valence-electron chi connectivity index (χ3n) is 5.44. The molecule has 4 heterocycles. The number of carbonyl (C=O) groups is 2. The third kappa shape index (κ3) is 3.35. The van der Waals surface area contributed by atoms with E-state index in [9.17, 15) is 9.59 Å². The van der Waals surface area contributed by atoms with Crippen LogP contribution >= 0.6 is 0 Å². The number of rotatable bonds is 3. The van der Waals surface area contributed by atoms with Gasteiger partial charge in [-0.3, -0.25) is 4.79 Å². The van der Waals surface area contributed by atoms with Crippen LogP contribution in [0.3, 0.4) is 0 Å². The lowest BCUT2D eigenvalue weighted by Gasteiger charge is -2.37. The van der Waals surface area contributed by atoms with Gasteiger partial charge in [0, 0.05) is 32.0 Å². The van der Waals surface area contributed by atoms with Crippen LogP contribution in [0.2, 0.25) is 0 Å². The molecule has 28 heavy (non-hydrogen) atoms. The number of aromatic nitrogens is 3. The van der Waals surface area contributed by atoms with Crippen molar-refractivity contribution in [3.8, 4) is 0 Å². The maximum absolute atomic E-state index is 13.1. The van der Waals surface area contributed by atoms with Crippen molar-refractivity contribution in [2.75, 3.05) is 33.5 Å². The van der Waals surface area contributed by atoms with E-state index in [0.29, 0.717) is 30.3 Å². The second-order valence-corrected chi connectivity index (χ2v) is 7.10. The number of carbonyl (C=O) groups excluding carboxylic acids is 2. The molecule has 2 fully saturated rings. The molecule has 4 rings (SSSR count). The number of methoxy groups -OCH3 is 1. The number of hydrogen-bond donors (Lipinski definition) is 0. The first-order valence-corrected chi connectivity index (χ1v) is 9.51. The summed E-state index contributed by atoms with van der Waals surface area (Å²) < 4.78 is 17.9. The number of amides is 1. The maximum Gasteiger partial charge on any atom is 0.331 e.